The zero-order valence-electron chi connectivity index (χ0n) is 14.9. The Morgan fingerprint density at radius 3 is 2.33 bits per heavy atom. The second-order valence-corrected chi connectivity index (χ2v) is 8.27. The average Bonchev–Trinajstić information content (AvgIpc) is 3.13. The first-order chi connectivity index (χ1) is 12.9. The number of benzene rings is 1. The van der Waals surface area contributed by atoms with Gasteiger partial charge in [-0.2, -0.15) is 0 Å². The summed E-state index contributed by atoms with van der Waals surface area (Å²) in [5.41, 5.74) is 0.00504. The van der Waals surface area contributed by atoms with Gasteiger partial charge >= 0.3 is 5.97 Å². The number of rotatable bonds is 5. The lowest BCUT2D eigenvalue weighted by molar-refractivity contribution is -0.153. The number of carbonyl (C=O) groups excluding carboxylic acids is 3. The number of piperidine rings is 1. The molecule has 2 heterocycles. The Morgan fingerprint density at radius 2 is 1.78 bits per heavy atom. The van der Waals surface area contributed by atoms with Gasteiger partial charge in [0.1, 0.15) is 0 Å². The van der Waals surface area contributed by atoms with Crippen LogP contribution in [0.4, 0.5) is 0 Å². The van der Waals surface area contributed by atoms with E-state index in [-0.39, 0.29) is 18.3 Å². The summed E-state index contributed by atoms with van der Waals surface area (Å²) >= 11 is 7.02. The lowest BCUT2D eigenvalue weighted by Gasteiger charge is -2.40. The number of ether oxygens (including phenoxy) is 1. The predicted molar refractivity (Wildman–Crippen MR) is 104 cm³/mol. The number of esters is 1. The molecular formula is C20H20ClNO4S. The molecule has 1 aromatic carbocycles. The molecule has 0 bridgehead atoms. The van der Waals surface area contributed by atoms with Crippen LogP contribution in [0.5, 0.6) is 0 Å². The molecule has 7 heteroatoms. The summed E-state index contributed by atoms with van der Waals surface area (Å²) in [7, 11) is 0. The van der Waals surface area contributed by atoms with Crippen molar-refractivity contribution in [3.63, 3.8) is 0 Å². The maximum atomic E-state index is 13.0. The summed E-state index contributed by atoms with van der Waals surface area (Å²) in [6, 6.07) is 12.7. The zero-order valence-corrected chi connectivity index (χ0v) is 16.5. The Balaban J connectivity index is 1.76. The van der Waals surface area contributed by atoms with Crippen molar-refractivity contribution in [2.24, 2.45) is 0 Å². The molecule has 0 aliphatic carbocycles. The number of nitrogens with zero attached hydrogens (tertiary/aromatic N) is 1. The van der Waals surface area contributed by atoms with Crippen LogP contribution < -0.4 is 0 Å². The molecule has 1 aromatic heterocycles. The van der Waals surface area contributed by atoms with E-state index in [2.05, 4.69) is 0 Å². The molecule has 0 spiro atoms. The molecule has 0 unspecified atom stereocenters. The lowest BCUT2D eigenvalue weighted by atomic mass is 9.72. The topological polar surface area (TPSA) is 63.7 Å². The molecule has 1 aliphatic heterocycles. The molecular weight excluding hydrogens is 386 g/mol. The van der Waals surface area contributed by atoms with Crippen LogP contribution in [0.1, 0.15) is 35.0 Å². The Labute approximate surface area is 166 Å². The van der Waals surface area contributed by atoms with Crippen molar-refractivity contribution in [2.75, 3.05) is 19.7 Å². The van der Waals surface area contributed by atoms with Gasteiger partial charge in [-0.1, -0.05) is 41.9 Å². The fourth-order valence-electron chi connectivity index (χ4n) is 3.38. The first-order valence-electron chi connectivity index (χ1n) is 8.69. The van der Waals surface area contributed by atoms with Gasteiger partial charge in [-0.15, -0.1) is 11.3 Å². The van der Waals surface area contributed by atoms with E-state index < -0.39 is 11.4 Å². The van der Waals surface area contributed by atoms with E-state index in [4.69, 9.17) is 16.3 Å². The quantitative estimate of drug-likeness (QED) is 0.562. The fourth-order valence-corrected chi connectivity index (χ4v) is 4.34. The second-order valence-electron chi connectivity index (χ2n) is 6.56. The first-order valence-corrected chi connectivity index (χ1v) is 9.88. The van der Waals surface area contributed by atoms with Gasteiger partial charge < -0.3 is 9.64 Å². The molecule has 142 valence electrons. The summed E-state index contributed by atoms with van der Waals surface area (Å²) in [5.74, 6) is -0.702. The average molecular weight is 406 g/mol. The Morgan fingerprint density at radius 1 is 1.11 bits per heavy atom. The minimum absolute atomic E-state index is 0.00483. The van der Waals surface area contributed by atoms with Crippen LogP contribution >= 0.6 is 22.9 Å². The highest BCUT2D eigenvalue weighted by Crippen LogP contribution is 2.37. The van der Waals surface area contributed by atoms with Crippen molar-refractivity contribution in [3.05, 3.63) is 57.2 Å². The van der Waals surface area contributed by atoms with Gasteiger partial charge in [-0.3, -0.25) is 14.4 Å². The summed E-state index contributed by atoms with van der Waals surface area (Å²) in [4.78, 5) is 39.1. The van der Waals surface area contributed by atoms with E-state index >= 15 is 0 Å². The van der Waals surface area contributed by atoms with Gasteiger partial charge in [0.2, 0.25) is 11.7 Å². The molecule has 0 atom stereocenters. The molecule has 5 nitrogen and oxygen atoms in total. The molecule has 1 amide bonds. The molecule has 27 heavy (non-hydrogen) atoms. The van der Waals surface area contributed by atoms with Crippen LogP contribution in [-0.2, 0) is 19.7 Å². The van der Waals surface area contributed by atoms with Crippen LogP contribution in [-0.4, -0.2) is 42.3 Å². The number of halogens is 1. The number of Topliss-reactive ketones (excluding diaryl/α,β-unsaturated/α-hetero) is 1. The van der Waals surface area contributed by atoms with Crippen molar-refractivity contribution < 1.29 is 19.1 Å². The van der Waals surface area contributed by atoms with Crippen LogP contribution in [0.15, 0.2) is 42.5 Å². The first kappa shape index (κ1) is 19.6. The van der Waals surface area contributed by atoms with Crippen LogP contribution in [0.3, 0.4) is 0 Å². The number of ketones is 1. The van der Waals surface area contributed by atoms with Gasteiger partial charge in [-0.25, -0.2) is 0 Å². The Hall–Kier alpha value is -2.18. The Bertz CT molecular complexity index is 841. The van der Waals surface area contributed by atoms with Gasteiger partial charge in [0.05, 0.1) is 14.6 Å². The van der Waals surface area contributed by atoms with E-state index in [0.29, 0.717) is 35.1 Å². The van der Waals surface area contributed by atoms with Crippen LogP contribution in [0, 0.1) is 0 Å². The summed E-state index contributed by atoms with van der Waals surface area (Å²) in [6.07, 6.45) is 0.933. The molecule has 0 N–H and O–H groups in total. The number of carbonyl (C=O) groups is 3. The van der Waals surface area contributed by atoms with E-state index in [1.165, 1.54) is 6.92 Å². The lowest BCUT2D eigenvalue weighted by Crippen LogP contribution is -2.49. The largest absolute Gasteiger partial charge is 0.457 e. The summed E-state index contributed by atoms with van der Waals surface area (Å²) < 4.78 is 5.95. The summed E-state index contributed by atoms with van der Waals surface area (Å²) in [6.45, 7) is 2.17. The predicted octanol–water partition coefficient (Wildman–Crippen LogP) is 3.71. The highest BCUT2D eigenvalue weighted by atomic mass is 35.5. The molecule has 1 fully saturated rings. The number of hydrogen-bond acceptors (Lipinski definition) is 5. The number of likely N-dealkylation sites (tertiary alicyclic amines) is 1. The van der Waals surface area contributed by atoms with Crippen molar-refractivity contribution in [1.82, 2.24) is 4.90 Å². The second kappa shape index (κ2) is 8.23. The van der Waals surface area contributed by atoms with Crippen LogP contribution in [0.2, 0.25) is 4.34 Å². The minimum atomic E-state index is -0.847. The maximum Gasteiger partial charge on any atom is 0.317 e. The highest BCUT2D eigenvalue weighted by molar-refractivity contribution is 7.18. The SMILES string of the molecule is CC(=O)N1CCC(C(=O)OCC(=O)c2ccc(Cl)s2)(c2ccccc2)CC1. The normalized spacial score (nSPS) is 16.0. The van der Waals surface area contributed by atoms with Crippen LogP contribution in [0.25, 0.3) is 0 Å². The standard InChI is InChI=1S/C20H20ClNO4S/c1-14(23)22-11-9-20(10-12-22,15-5-3-2-4-6-15)19(25)26-13-16(24)17-7-8-18(21)27-17/h2-8H,9-13H2,1H3. The molecule has 2 aromatic rings. The fraction of sp³-hybridized carbons (Fsp3) is 0.350. The minimum Gasteiger partial charge on any atom is -0.457 e. The van der Waals surface area contributed by atoms with Gasteiger partial charge in [0.25, 0.3) is 0 Å². The highest BCUT2D eigenvalue weighted by Gasteiger charge is 2.44. The molecule has 0 radical (unpaired) electrons. The van der Waals surface area contributed by atoms with E-state index in [9.17, 15) is 14.4 Å². The maximum absolute atomic E-state index is 13.0. The number of amides is 1. The van der Waals surface area contributed by atoms with Crippen molar-refractivity contribution in [2.45, 2.75) is 25.2 Å². The molecule has 1 aliphatic rings. The number of hydrogen-bond donors (Lipinski definition) is 0. The van der Waals surface area contributed by atoms with Crippen molar-refractivity contribution >= 4 is 40.6 Å². The third kappa shape index (κ3) is 4.22. The Kier molecular flexibility index (Phi) is 5.97. The summed E-state index contributed by atoms with van der Waals surface area (Å²) in [5, 5.41) is 0. The monoisotopic (exact) mass is 405 g/mol. The van der Waals surface area contributed by atoms with E-state index in [1.54, 1.807) is 17.0 Å². The van der Waals surface area contributed by atoms with E-state index in [0.717, 1.165) is 16.9 Å². The number of thiophene rings is 1. The molecule has 0 saturated carbocycles. The molecule has 3 rings (SSSR count). The van der Waals surface area contributed by atoms with E-state index in [1.807, 2.05) is 30.3 Å². The third-order valence-electron chi connectivity index (χ3n) is 4.96. The molecule has 1 saturated heterocycles. The zero-order chi connectivity index (χ0) is 19.4. The van der Waals surface area contributed by atoms with Gasteiger partial charge in [0.15, 0.2) is 6.61 Å². The van der Waals surface area contributed by atoms with Gasteiger partial charge in [-0.05, 0) is 30.5 Å². The van der Waals surface area contributed by atoms with Crippen molar-refractivity contribution in [3.8, 4) is 0 Å². The van der Waals surface area contributed by atoms with Gasteiger partial charge in [0, 0.05) is 20.0 Å². The third-order valence-corrected chi connectivity index (χ3v) is 6.23. The smallest absolute Gasteiger partial charge is 0.317 e. The van der Waals surface area contributed by atoms with Crippen molar-refractivity contribution in [1.29, 1.82) is 0 Å².